The Bertz CT molecular complexity index is 260. The lowest BCUT2D eigenvalue weighted by Crippen LogP contribution is -2.42. The number of likely N-dealkylation sites (tertiary alicyclic amines) is 1. The van der Waals surface area contributed by atoms with Crippen LogP contribution >= 0.6 is 0 Å². The molecule has 19 heavy (non-hydrogen) atoms. The van der Waals surface area contributed by atoms with Gasteiger partial charge in [0.2, 0.25) is 0 Å². The van der Waals surface area contributed by atoms with E-state index in [1.54, 1.807) is 0 Å². The van der Waals surface area contributed by atoms with Crippen molar-refractivity contribution in [3.05, 3.63) is 0 Å². The summed E-state index contributed by atoms with van der Waals surface area (Å²) in [7, 11) is 0. The molecule has 112 valence electrons. The van der Waals surface area contributed by atoms with Crippen molar-refractivity contribution in [2.45, 2.75) is 65.0 Å². The highest BCUT2D eigenvalue weighted by Crippen LogP contribution is 2.19. The normalized spacial score (nSPS) is 19.8. The molecule has 4 heteroatoms. The lowest BCUT2D eigenvalue weighted by Gasteiger charge is -2.36. The quantitative estimate of drug-likeness (QED) is 0.737. The van der Waals surface area contributed by atoms with Gasteiger partial charge in [0, 0.05) is 19.1 Å². The summed E-state index contributed by atoms with van der Waals surface area (Å²) in [5, 5.41) is 8.57. The lowest BCUT2D eigenvalue weighted by atomic mass is 10.0. The molecular formula is C15H29NO3. The summed E-state index contributed by atoms with van der Waals surface area (Å²) in [6.07, 6.45) is 4.99. The first-order valence-corrected chi connectivity index (χ1v) is 7.56. The molecule has 0 saturated carbocycles. The van der Waals surface area contributed by atoms with Gasteiger partial charge in [-0.3, -0.25) is 4.79 Å². The van der Waals surface area contributed by atoms with Gasteiger partial charge in [-0.15, -0.1) is 0 Å². The van der Waals surface area contributed by atoms with E-state index in [1.807, 2.05) is 0 Å². The number of piperidine rings is 1. The van der Waals surface area contributed by atoms with Crippen LogP contribution in [0.15, 0.2) is 0 Å². The van der Waals surface area contributed by atoms with Crippen LogP contribution in [0.4, 0.5) is 0 Å². The Labute approximate surface area is 117 Å². The fraction of sp³-hybridized carbons (Fsp3) is 0.933. The maximum Gasteiger partial charge on any atom is 0.305 e. The summed E-state index contributed by atoms with van der Waals surface area (Å²) in [5.41, 5.74) is 0. The molecule has 0 aromatic heterocycles. The summed E-state index contributed by atoms with van der Waals surface area (Å²) < 4.78 is 5.61. The lowest BCUT2D eigenvalue weighted by molar-refractivity contribution is -0.138. The average Bonchev–Trinajstić information content (AvgIpc) is 2.36. The molecule has 1 unspecified atom stereocenters. The van der Waals surface area contributed by atoms with Crippen molar-refractivity contribution in [3.8, 4) is 0 Å². The van der Waals surface area contributed by atoms with Crippen LogP contribution in [-0.4, -0.2) is 47.8 Å². The molecular weight excluding hydrogens is 242 g/mol. The highest BCUT2D eigenvalue weighted by atomic mass is 16.5. The predicted molar refractivity (Wildman–Crippen MR) is 76.3 cm³/mol. The van der Waals surface area contributed by atoms with E-state index in [1.165, 1.54) is 12.8 Å². The maximum atomic E-state index is 10.4. The van der Waals surface area contributed by atoms with Crippen molar-refractivity contribution in [3.63, 3.8) is 0 Å². The van der Waals surface area contributed by atoms with E-state index >= 15 is 0 Å². The van der Waals surface area contributed by atoms with E-state index in [4.69, 9.17) is 9.84 Å². The zero-order valence-electron chi connectivity index (χ0n) is 12.6. The van der Waals surface area contributed by atoms with E-state index < -0.39 is 5.97 Å². The van der Waals surface area contributed by atoms with Gasteiger partial charge in [-0.1, -0.05) is 13.8 Å². The molecule has 1 fully saturated rings. The predicted octanol–water partition coefficient (Wildman–Crippen LogP) is 2.77. The maximum absolute atomic E-state index is 10.4. The van der Waals surface area contributed by atoms with Crippen molar-refractivity contribution in [2.75, 3.05) is 19.7 Å². The zero-order chi connectivity index (χ0) is 14.3. The van der Waals surface area contributed by atoms with Crippen LogP contribution < -0.4 is 0 Å². The molecule has 1 aliphatic rings. The van der Waals surface area contributed by atoms with Crippen LogP contribution in [0.3, 0.4) is 0 Å². The summed E-state index contributed by atoms with van der Waals surface area (Å²) in [4.78, 5) is 13.0. The summed E-state index contributed by atoms with van der Waals surface area (Å²) in [5.74, 6) is -0.000848. The highest BCUT2D eigenvalue weighted by molar-refractivity contribution is 5.66. The third-order valence-corrected chi connectivity index (χ3v) is 3.93. The molecule has 4 nitrogen and oxygen atoms in total. The first kappa shape index (κ1) is 16.4. The molecule has 1 atom stereocenters. The van der Waals surface area contributed by atoms with E-state index in [2.05, 4.69) is 25.7 Å². The minimum Gasteiger partial charge on any atom is -0.481 e. The Morgan fingerprint density at radius 1 is 1.26 bits per heavy atom. The smallest absolute Gasteiger partial charge is 0.305 e. The van der Waals surface area contributed by atoms with Crippen LogP contribution in [0.1, 0.15) is 52.9 Å². The molecule has 1 heterocycles. The van der Waals surface area contributed by atoms with Gasteiger partial charge in [-0.05, 0) is 38.5 Å². The van der Waals surface area contributed by atoms with Gasteiger partial charge in [0.15, 0.2) is 0 Å². The van der Waals surface area contributed by atoms with Crippen LogP contribution in [0.25, 0.3) is 0 Å². The first-order chi connectivity index (χ1) is 8.99. The van der Waals surface area contributed by atoms with E-state index in [0.717, 1.165) is 31.8 Å². The first-order valence-electron chi connectivity index (χ1n) is 7.56. The van der Waals surface area contributed by atoms with E-state index in [9.17, 15) is 4.79 Å². The van der Waals surface area contributed by atoms with Crippen molar-refractivity contribution in [1.82, 2.24) is 4.90 Å². The van der Waals surface area contributed by atoms with Gasteiger partial charge in [-0.2, -0.15) is 0 Å². The van der Waals surface area contributed by atoms with Gasteiger partial charge in [0.25, 0.3) is 0 Å². The number of rotatable bonds is 8. The van der Waals surface area contributed by atoms with Gasteiger partial charge < -0.3 is 14.7 Å². The number of nitrogens with zero attached hydrogens (tertiary/aromatic N) is 1. The molecule has 0 amide bonds. The third-order valence-electron chi connectivity index (χ3n) is 3.93. The Balaban J connectivity index is 2.15. The fourth-order valence-electron chi connectivity index (χ4n) is 2.55. The summed E-state index contributed by atoms with van der Waals surface area (Å²) >= 11 is 0. The van der Waals surface area contributed by atoms with Crippen molar-refractivity contribution < 1.29 is 14.6 Å². The number of carbonyl (C=O) groups is 1. The van der Waals surface area contributed by atoms with Crippen molar-refractivity contribution >= 4 is 5.97 Å². The van der Waals surface area contributed by atoms with Crippen LogP contribution in [0.5, 0.6) is 0 Å². The van der Waals surface area contributed by atoms with E-state index in [0.29, 0.717) is 12.6 Å². The summed E-state index contributed by atoms with van der Waals surface area (Å²) in [6, 6.07) is 0.655. The number of hydrogen-bond donors (Lipinski definition) is 1. The monoisotopic (exact) mass is 271 g/mol. The van der Waals surface area contributed by atoms with Crippen molar-refractivity contribution in [1.29, 1.82) is 0 Å². The highest BCUT2D eigenvalue weighted by Gasteiger charge is 2.23. The van der Waals surface area contributed by atoms with Crippen LogP contribution in [0, 0.1) is 5.92 Å². The number of carboxylic acid groups (broad SMARTS) is 1. The molecule has 0 aromatic rings. The molecule has 0 aromatic carbocycles. The summed E-state index contributed by atoms with van der Waals surface area (Å²) in [6.45, 7) is 9.37. The third kappa shape index (κ3) is 6.92. The second-order valence-electron chi connectivity index (χ2n) is 6.07. The Hall–Kier alpha value is -0.610. The SMILES string of the molecule is CC(C)CCC(C)N1CCC(OCCC(=O)O)CC1. The van der Waals surface area contributed by atoms with Gasteiger partial charge in [0.1, 0.15) is 0 Å². The fourth-order valence-corrected chi connectivity index (χ4v) is 2.55. The average molecular weight is 271 g/mol. The number of carboxylic acids is 1. The van der Waals surface area contributed by atoms with Gasteiger partial charge in [0.05, 0.1) is 19.1 Å². The van der Waals surface area contributed by atoms with Crippen LogP contribution in [0.2, 0.25) is 0 Å². The molecule has 0 aliphatic carbocycles. The van der Waals surface area contributed by atoms with Crippen molar-refractivity contribution in [2.24, 2.45) is 5.92 Å². The molecule has 0 radical (unpaired) electrons. The Kier molecular flexibility index (Phi) is 7.39. The molecule has 0 bridgehead atoms. The molecule has 0 spiro atoms. The Morgan fingerprint density at radius 2 is 1.89 bits per heavy atom. The topological polar surface area (TPSA) is 49.8 Å². The largest absolute Gasteiger partial charge is 0.481 e. The zero-order valence-corrected chi connectivity index (χ0v) is 12.6. The second kappa shape index (κ2) is 8.54. The minimum atomic E-state index is -0.778. The van der Waals surface area contributed by atoms with Gasteiger partial charge in [-0.25, -0.2) is 0 Å². The standard InChI is InChI=1S/C15H29NO3/c1-12(2)4-5-13(3)16-9-6-14(7-10-16)19-11-8-15(17)18/h12-14H,4-11H2,1-3H3,(H,17,18). The number of hydrogen-bond acceptors (Lipinski definition) is 3. The molecule has 1 aliphatic heterocycles. The Morgan fingerprint density at radius 3 is 2.42 bits per heavy atom. The van der Waals surface area contributed by atoms with Crippen LogP contribution in [-0.2, 0) is 9.53 Å². The minimum absolute atomic E-state index is 0.116. The van der Waals surface area contributed by atoms with E-state index in [-0.39, 0.29) is 12.5 Å². The molecule has 1 N–H and O–H groups in total. The van der Waals surface area contributed by atoms with Gasteiger partial charge >= 0.3 is 5.97 Å². The number of aliphatic carboxylic acids is 1. The molecule has 1 saturated heterocycles. The second-order valence-corrected chi connectivity index (χ2v) is 6.07. The molecule has 1 rings (SSSR count). The number of ether oxygens (including phenoxy) is 1.